The molecular formula is C28H28F2N2. The Labute approximate surface area is 187 Å². The summed E-state index contributed by atoms with van der Waals surface area (Å²) in [5.74, 6) is -0.383. The number of hydrogen-bond donors (Lipinski definition) is 1. The number of piperidine rings is 1. The quantitative estimate of drug-likeness (QED) is 0.371. The summed E-state index contributed by atoms with van der Waals surface area (Å²) < 4.78 is 28.5. The highest BCUT2D eigenvalue weighted by Gasteiger charge is 2.37. The van der Waals surface area contributed by atoms with Crippen molar-refractivity contribution >= 4 is 10.9 Å². The lowest BCUT2D eigenvalue weighted by Gasteiger charge is -2.46. The molecule has 1 aliphatic rings. The van der Waals surface area contributed by atoms with Crippen LogP contribution in [0.25, 0.3) is 22.0 Å². The minimum absolute atomic E-state index is 0.158. The number of benzene rings is 3. The van der Waals surface area contributed by atoms with Crippen LogP contribution in [0.1, 0.15) is 30.4 Å². The van der Waals surface area contributed by atoms with Crippen LogP contribution in [0.2, 0.25) is 0 Å². The van der Waals surface area contributed by atoms with E-state index in [9.17, 15) is 4.39 Å². The minimum atomic E-state index is -0.224. The van der Waals surface area contributed by atoms with Gasteiger partial charge in [0, 0.05) is 17.3 Å². The topological polar surface area (TPSA) is 19.0 Å². The van der Waals surface area contributed by atoms with E-state index in [4.69, 9.17) is 0 Å². The van der Waals surface area contributed by atoms with E-state index in [-0.39, 0.29) is 17.2 Å². The van der Waals surface area contributed by atoms with Crippen LogP contribution in [0.15, 0.2) is 72.9 Å². The number of rotatable bonds is 5. The van der Waals surface area contributed by atoms with Gasteiger partial charge in [-0.1, -0.05) is 30.7 Å². The first-order valence-electron chi connectivity index (χ1n) is 11.3. The molecule has 0 radical (unpaired) electrons. The molecule has 1 saturated heterocycles. The molecule has 5 rings (SSSR count). The standard InChI is InChI=1S/C28H28F2N2/c1-32-15-3-2-13-28(32,18-20-4-8-25(29)9-5-20)19-24-17-21(6-10-26(24)30)22-7-11-27-23(16-22)12-14-31-27/h4-12,14,16-17,31H,2-3,13,15,18-19H2,1H3. The van der Waals surface area contributed by atoms with Gasteiger partial charge < -0.3 is 9.88 Å². The fourth-order valence-corrected chi connectivity index (χ4v) is 5.20. The van der Waals surface area contributed by atoms with Gasteiger partial charge >= 0.3 is 0 Å². The number of aromatic amines is 1. The molecule has 1 aromatic heterocycles. The molecule has 2 heterocycles. The number of likely N-dealkylation sites (tertiary alicyclic amines) is 1. The van der Waals surface area contributed by atoms with Crippen molar-refractivity contribution in [3.8, 4) is 11.1 Å². The van der Waals surface area contributed by atoms with Gasteiger partial charge in [0.05, 0.1) is 0 Å². The van der Waals surface area contributed by atoms with E-state index < -0.39 is 0 Å². The Morgan fingerprint density at radius 1 is 0.875 bits per heavy atom. The van der Waals surface area contributed by atoms with Gasteiger partial charge in [-0.25, -0.2) is 8.78 Å². The lowest BCUT2D eigenvalue weighted by atomic mass is 9.77. The van der Waals surface area contributed by atoms with Crippen molar-refractivity contribution in [3.63, 3.8) is 0 Å². The molecule has 1 atom stereocenters. The Kier molecular flexibility index (Phi) is 5.56. The van der Waals surface area contributed by atoms with E-state index in [0.29, 0.717) is 6.42 Å². The molecule has 0 bridgehead atoms. The highest BCUT2D eigenvalue weighted by atomic mass is 19.1. The number of nitrogens with one attached hydrogen (secondary N) is 1. The number of likely N-dealkylation sites (N-methyl/N-ethyl adjacent to an activating group) is 1. The minimum Gasteiger partial charge on any atom is -0.361 e. The zero-order valence-corrected chi connectivity index (χ0v) is 18.4. The molecule has 164 valence electrons. The summed E-state index contributed by atoms with van der Waals surface area (Å²) in [6.45, 7) is 0.993. The van der Waals surface area contributed by atoms with E-state index >= 15 is 4.39 Å². The Bertz CT molecular complexity index is 1230. The second kappa shape index (κ2) is 8.51. The highest BCUT2D eigenvalue weighted by molar-refractivity contribution is 5.85. The predicted molar refractivity (Wildman–Crippen MR) is 127 cm³/mol. The summed E-state index contributed by atoms with van der Waals surface area (Å²) in [6, 6.07) is 20.6. The van der Waals surface area contributed by atoms with Gasteiger partial charge in [0.1, 0.15) is 11.6 Å². The summed E-state index contributed by atoms with van der Waals surface area (Å²) in [6.07, 6.45) is 6.62. The van der Waals surface area contributed by atoms with Crippen molar-refractivity contribution < 1.29 is 8.78 Å². The molecule has 1 N–H and O–H groups in total. The highest BCUT2D eigenvalue weighted by Crippen LogP contribution is 2.36. The fourth-order valence-electron chi connectivity index (χ4n) is 5.20. The van der Waals surface area contributed by atoms with Gasteiger partial charge in [0.15, 0.2) is 0 Å². The van der Waals surface area contributed by atoms with Crippen LogP contribution in [0.3, 0.4) is 0 Å². The maximum absolute atomic E-state index is 15.1. The van der Waals surface area contributed by atoms with Crippen LogP contribution in [0, 0.1) is 11.6 Å². The molecule has 3 aromatic carbocycles. The Morgan fingerprint density at radius 2 is 1.66 bits per heavy atom. The number of halogens is 2. The Hall–Kier alpha value is -2.98. The molecule has 32 heavy (non-hydrogen) atoms. The molecule has 1 fully saturated rings. The van der Waals surface area contributed by atoms with Crippen LogP contribution in [0.4, 0.5) is 8.78 Å². The lowest BCUT2D eigenvalue weighted by Crippen LogP contribution is -2.53. The van der Waals surface area contributed by atoms with Crippen LogP contribution < -0.4 is 0 Å². The van der Waals surface area contributed by atoms with Gasteiger partial charge in [-0.2, -0.15) is 0 Å². The van der Waals surface area contributed by atoms with Crippen molar-refractivity contribution in [2.24, 2.45) is 0 Å². The second-order valence-corrected chi connectivity index (χ2v) is 9.17. The van der Waals surface area contributed by atoms with Gasteiger partial charge in [-0.15, -0.1) is 0 Å². The molecule has 0 amide bonds. The molecule has 1 unspecified atom stereocenters. The zero-order chi connectivity index (χ0) is 22.1. The zero-order valence-electron chi connectivity index (χ0n) is 18.4. The van der Waals surface area contributed by atoms with Crippen molar-refractivity contribution in [3.05, 3.63) is 95.7 Å². The van der Waals surface area contributed by atoms with E-state index in [2.05, 4.69) is 41.2 Å². The molecule has 4 aromatic rings. The second-order valence-electron chi connectivity index (χ2n) is 9.17. The number of fused-ring (bicyclic) bond motifs is 1. The van der Waals surface area contributed by atoms with Gasteiger partial charge in [0.25, 0.3) is 0 Å². The molecule has 0 spiro atoms. The fraction of sp³-hybridized carbons (Fsp3) is 0.286. The monoisotopic (exact) mass is 430 g/mol. The van der Waals surface area contributed by atoms with Crippen molar-refractivity contribution in [1.29, 1.82) is 0 Å². The molecule has 2 nitrogen and oxygen atoms in total. The normalized spacial score (nSPS) is 19.5. The molecule has 0 aliphatic carbocycles. The van der Waals surface area contributed by atoms with Gasteiger partial charge in [-0.05, 0) is 109 Å². The van der Waals surface area contributed by atoms with Crippen LogP contribution >= 0.6 is 0 Å². The largest absolute Gasteiger partial charge is 0.361 e. The summed E-state index contributed by atoms with van der Waals surface area (Å²) >= 11 is 0. The first-order valence-corrected chi connectivity index (χ1v) is 11.3. The average Bonchev–Trinajstić information content (AvgIpc) is 3.27. The molecule has 1 aliphatic heterocycles. The van der Waals surface area contributed by atoms with E-state index in [1.54, 1.807) is 6.07 Å². The molecular weight excluding hydrogens is 402 g/mol. The number of hydrogen-bond acceptors (Lipinski definition) is 1. The van der Waals surface area contributed by atoms with Crippen molar-refractivity contribution in [2.75, 3.05) is 13.6 Å². The molecule has 0 saturated carbocycles. The van der Waals surface area contributed by atoms with Crippen molar-refractivity contribution in [2.45, 2.75) is 37.6 Å². The van der Waals surface area contributed by atoms with Crippen molar-refractivity contribution in [1.82, 2.24) is 9.88 Å². The average molecular weight is 431 g/mol. The van der Waals surface area contributed by atoms with E-state index in [0.717, 1.165) is 65.4 Å². The van der Waals surface area contributed by atoms with Gasteiger partial charge in [0.2, 0.25) is 0 Å². The van der Waals surface area contributed by atoms with Crippen LogP contribution in [-0.2, 0) is 12.8 Å². The van der Waals surface area contributed by atoms with E-state index in [1.807, 2.05) is 30.5 Å². The summed E-state index contributed by atoms with van der Waals surface area (Å²) in [4.78, 5) is 5.61. The summed E-state index contributed by atoms with van der Waals surface area (Å²) in [5.41, 5.74) is 4.86. The first-order chi connectivity index (χ1) is 15.5. The third kappa shape index (κ3) is 4.07. The van der Waals surface area contributed by atoms with Crippen LogP contribution in [0.5, 0.6) is 0 Å². The number of H-pyrrole nitrogens is 1. The summed E-state index contributed by atoms with van der Waals surface area (Å²) in [7, 11) is 2.14. The Balaban J connectivity index is 1.50. The predicted octanol–water partition coefficient (Wildman–Crippen LogP) is 6.75. The third-order valence-electron chi connectivity index (χ3n) is 7.09. The smallest absolute Gasteiger partial charge is 0.126 e. The third-order valence-corrected chi connectivity index (χ3v) is 7.09. The molecule has 4 heteroatoms. The summed E-state index contributed by atoms with van der Waals surface area (Å²) in [5, 5.41) is 1.15. The van der Waals surface area contributed by atoms with E-state index in [1.165, 1.54) is 12.1 Å². The maximum atomic E-state index is 15.1. The Morgan fingerprint density at radius 3 is 2.47 bits per heavy atom. The first kappa shape index (κ1) is 20.9. The van der Waals surface area contributed by atoms with Gasteiger partial charge in [-0.3, -0.25) is 0 Å². The lowest BCUT2D eigenvalue weighted by molar-refractivity contribution is 0.0719. The SMILES string of the molecule is CN1CCCCC1(Cc1ccc(F)cc1)Cc1cc(-c2ccc3[nH]ccc3c2)ccc1F. The maximum Gasteiger partial charge on any atom is 0.126 e. The number of aromatic nitrogens is 1. The van der Waals surface area contributed by atoms with Crippen LogP contribution in [-0.4, -0.2) is 29.0 Å². The number of nitrogens with zero attached hydrogens (tertiary/aromatic N) is 1.